The summed E-state index contributed by atoms with van der Waals surface area (Å²) in [6, 6.07) is 8.44. The Kier molecular flexibility index (Phi) is 3.26. The van der Waals surface area contributed by atoms with E-state index in [-0.39, 0.29) is 0 Å². The number of benzene rings is 1. The molecule has 1 aromatic carbocycles. The molecule has 0 atom stereocenters. The van der Waals surface area contributed by atoms with E-state index in [4.69, 9.17) is 0 Å². The van der Waals surface area contributed by atoms with Crippen molar-refractivity contribution in [2.75, 3.05) is 0 Å². The molecule has 0 spiro atoms. The Hall–Kier alpha value is -0.320. The van der Waals surface area contributed by atoms with E-state index in [1.807, 2.05) is 5.38 Å². The van der Waals surface area contributed by atoms with Crippen LogP contribution in [-0.2, 0) is 0 Å². The van der Waals surface area contributed by atoms with Crippen molar-refractivity contribution in [1.29, 1.82) is 0 Å². The summed E-state index contributed by atoms with van der Waals surface area (Å²) < 4.78 is 1.99. The van der Waals surface area contributed by atoms with E-state index in [0.29, 0.717) is 0 Å². The lowest BCUT2D eigenvalue weighted by Crippen LogP contribution is -1.74. The number of aryl methyl sites for hydroxylation is 1. The standard InChI is InChI=1S/C10H8BrNS2/c1-7-3-2-4-8(5-7)14-10-12-9(11)6-13-10/h2-6H,1H3. The minimum Gasteiger partial charge on any atom is -0.222 e. The molecule has 1 heterocycles. The van der Waals surface area contributed by atoms with Crippen LogP contribution in [0, 0.1) is 6.92 Å². The molecule has 0 aliphatic rings. The fourth-order valence-corrected chi connectivity index (χ4v) is 3.52. The quantitative estimate of drug-likeness (QED) is 0.813. The first-order valence-corrected chi connectivity index (χ1v) is 6.58. The van der Waals surface area contributed by atoms with Crippen LogP contribution in [0.25, 0.3) is 0 Å². The molecular formula is C10H8BrNS2. The SMILES string of the molecule is Cc1cccc(Sc2nc(Br)cs2)c1. The predicted molar refractivity (Wildman–Crippen MR) is 65.1 cm³/mol. The minimum atomic E-state index is 0.914. The van der Waals surface area contributed by atoms with Gasteiger partial charge in [-0.15, -0.1) is 11.3 Å². The van der Waals surface area contributed by atoms with Gasteiger partial charge >= 0.3 is 0 Å². The van der Waals surface area contributed by atoms with E-state index in [1.165, 1.54) is 10.5 Å². The fraction of sp³-hybridized carbons (Fsp3) is 0.100. The first-order chi connectivity index (χ1) is 6.74. The third-order valence-corrected chi connectivity index (χ3v) is 4.29. The maximum absolute atomic E-state index is 4.33. The summed E-state index contributed by atoms with van der Waals surface area (Å²) in [4.78, 5) is 5.58. The highest BCUT2D eigenvalue weighted by molar-refractivity contribution is 9.10. The van der Waals surface area contributed by atoms with Gasteiger partial charge in [-0.25, -0.2) is 4.98 Å². The van der Waals surface area contributed by atoms with E-state index in [9.17, 15) is 0 Å². The van der Waals surface area contributed by atoms with Gasteiger partial charge in [-0.3, -0.25) is 0 Å². The van der Waals surface area contributed by atoms with Gasteiger partial charge in [0, 0.05) is 10.3 Å². The average Bonchev–Trinajstić information content (AvgIpc) is 2.51. The lowest BCUT2D eigenvalue weighted by molar-refractivity contribution is 1.21. The highest BCUT2D eigenvalue weighted by atomic mass is 79.9. The summed E-state index contributed by atoms with van der Waals surface area (Å²) in [5, 5.41) is 2.00. The molecule has 14 heavy (non-hydrogen) atoms. The molecule has 0 bridgehead atoms. The number of thiazole rings is 1. The lowest BCUT2D eigenvalue weighted by Gasteiger charge is -1.98. The van der Waals surface area contributed by atoms with Crippen molar-refractivity contribution in [2.24, 2.45) is 0 Å². The molecule has 0 saturated heterocycles. The van der Waals surface area contributed by atoms with E-state index in [1.54, 1.807) is 23.1 Å². The Bertz CT molecular complexity index is 439. The van der Waals surface area contributed by atoms with Crippen LogP contribution in [0.5, 0.6) is 0 Å². The van der Waals surface area contributed by atoms with Gasteiger partial charge in [-0.1, -0.05) is 29.5 Å². The normalized spacial score (nSPS) is 10.4. The van der Waals surface area contributed by atoms with Gasteiger partial charge < -0.3 is 0 Å². The van der Waals surface area contributed by atoms with Crippen LogP contribution in [0.4, 0.5) is 0 Å². The second-order valence-corrected chi connectivity index (χ2v) is 5.85. The van der Waals surface area contributed by atoms with E-state index < -0.39 is 0 Å². The average molecular weight is 286 g/mol. The number of nitrogens with zero attached hydrogens (tertiary/aromatic N) is 1. The van der Waals surface area contributed by atoms with Crippen molar-refractivity contribution < 1.29 is 0 Å². The third-order valence-electron chi connectivity index (χ3n) is 1.65. The zero-order chi connectivity index (χ0) is 9.97. The smallest absolute Gasteiger partial charge is 0.155 e. The van der Waals surface area contributed by atoms with Crippen LogP contribution in [0.2, 0.25) is 0 Å². The molecule has 2 aromatic rings. The van der Waals surface area contributed by atoms with Gasteiger partial charge in [0.05, 0.1) is 0 Å². The maximum atomic E-state index is 4.33. The molecule has 0 amide bonds. The Morgan fingerprint density at radius 1 is 1.43 bits per heavy atom. The van der Waals surface area contributed by atoms with Crippen LogP contribution >= 0.6 is 39.0 Å². The molecule has 2 rings (SSSR count). The fourth-order valence-electron chi connectivity index (χ4n) is 1.07. The van der Waals surface area contributed by atoms with Crippen molar-refractivity contribution in [1.82, 2.24) is 4.98 Å². The summed E-state index contributed by atoms with van der Waals surface area (Å²) >= 11 is 6.70. The first-order valence-electron chi connectivity index (χ1n) is 4.09. The Balaban J connectivity index is 2.18. The Morgan fingerprint density at radius 2 is 2.29 bits per heavy atom. The minimum absolute atomic E-state index is 0.914. The van der Waals surface area contributed by atoms with Gasteiger partial charge in [-0.2, -0.15) is 0 Å². The number of hydrogen-bond donors (Lipinski definition) is 0. The van der Waals surface area contributed by atoms with Crippen molar-refractivity contribution in [3.8, 4) is 0 Å². The topological polar surface area (TPSA) is 12.9 Å². The largest absolute Gasteiger partial charge is 0.222 e. The summed E-state index contributed by atoms with van der Waals surface area (Å²) in [6.07, 6.45) is 0. The van der Waals surface area contributed by atoms with Gasteiger partial charge in [0.15, 0.2) is 4.34 Å². The molecule has 0 unspecified atom stereocenters. The monoisotopic (exact) mass is 285 g/mol. The summed E-state index contributed by atoms with van der Waals surface area (Å²) in [5.74, 6) is 0. The van der Waals surface area contributed by atoms with Gasteiger partial charge in [0.25, 0.3) is 0 Å². The first kappa shape index (κ1) is 10.2. The zero-order valence-electron chi connectivity index (χ0n) is 7.53. The van der Waals surface area contributed by atoms with E-state index in [0.717, 1.165) is 8.94 Å². The number of aromatic nitrogens is 1. The summed E-state index contributed by atoms with van der Waals surface area (Å²) in [7, 11) is 0. The van der Waals surface area contributed by atoms with Gasteiger partial charge in [-0.05, 0) is 35.0 Å². The number of halogens is 1. The molecule has 72 valence electrons. The van der Waals surface area contributed by atoms with Crippen LogP contribution in [0.1, 0.15) is 5.56 Å². The molecule has 4 heteroatoms. The van der Waals surface area contributed by atoms with Gasteiger partial charge in [0.2, 0.25) is 0 Å². The number of rotatable bonds is 2. The molecule has 0 fully saturated rings. The van der Waals surface area contributed by atoms with Crippen molar-refractivity contribution in [3.05, 3.63) is 39.8 Å². The summed E-state index contributed by atoms with van der Waals surface area (Å²) in [5.41, 5.74) is 1.28. The molecule has 1 nitrogen and oxygen atoms in total. The molecule has 0 radical (unpaired) electrons. The second kappa shape index (κ2) is 4.47. The highest BCUT2D eigenvalue weighted by Gasteiger charge is 2.01. The van der Waals surface area contributed by atoms with Crippen LogP contribution in [-0.4, -0.2) is 4.98 Å². The molecule has 1 aromatic heterocycles. The lowest BCUT2D eigenvalue weighted by atomic mass is 10.2. The zero-order valence-corrected chi connectivity index (χ0v) is 10.7. The second-order valence-electron chi connectivity index (χ2n) is 2.85. The predicted octanol–water partition coefficient (Wildman–Crippen LogP) is 4.37. The molecule has 0 saturated carbocycles. The maximum Gasteiger partial charge on any atom is 0.155 e. The molecular weight excluding hydrogens is 278 g/mol. The van der Waals surface area contributed by atoms with Crippen molar-refractivity contribution in [2.45, 2.75) is 16.2 Å². The third kappa shape index (κ3) is 2.59. The van der Waals surface area contributed by atoms with E-state index >= 15 is 0 Å². The molecule has 0 aliphatic carbocycles. The van der Waals surface area contributed by atoms with Crippen molar-refractivity contribution >= 4 is 39.0 Å². The van der Waals surface area contributed by atoms with Gasteiger partial charge in [0.1, 0.15) is 4.60 Å². The van der Waals surface area contributed by atoms with Crippen LogP contribution < -0.4 is 0 Å². The van der Waals surface area contributed by atoms with Crippen molar-refractivity contribution in [3.63, 3.8) is 0 Å². The highest BCUT2D eigenvalue weighted by Crippen LogP contribution is 2.31. The Morgan fingerprint density at radius 3 is 2.93 bits per heavy atom. The van der Waals surface area contributed by atoms with E-state index in [2.05, 4.69) is 52.1 Å². The summed E-state index contributed by atoms with van der Waals surface area (Å²) in [6.45, 7) is 2.10. The molecule has 0 N–H and O–H groups in total. The van der Waals surface area contributed by atoms with Crippen LogP contribution in [0.15, 0.2) is 43.5 Å². The Labute approximate surface area is 99.7 Å². The molecule has 0 aliphatic heterocycles. The number of hydrogen-bond acceptors (Lipinski definition) is 3. The van der Waals surface area contributed by atoms with Crippen LogP contribution in [0.3, 0.4) is 0 Å².